The lowest BCUT2D eigenvalue weighted by Gasteiger charge is -2.28. The molecular weight excluding hydrogens is 362 g/mol. The van der Waals surface area contributed by atoms with Gasteiger partial charge in [0.1, 0.15) is 11.4 Å². The van der Waals surface area contributed by atoms with Gasteiger partial charge >= 0.3 is 6.09 Å². The van der Waals surface area contributed by atoms with Crippen LogP contribution < -0.4 is 4.90 Å². The SMILES string of the molecule is CC(C)CN(C(=O)OC(C)(C)C)c1cc(/C=C/c2ccccc2)nc(Cl)n1. The van der Waals surface area contributed by atoms with E-state index in [1.165, 1.54) is 4.90 Å². The predicted octanol–water partition coefficient (Wildman–Crippen LogP) is 5.70. The van der Waals surface area contributed by atoms with Crippen LogP contribution in [0.2, 0.25) is 5.28 Å². The summed E-state index contributed by atoms with van der Waals surface area (Å²) in [4.78, 5) is 22.7. The fourth-order valence-corrected chi connectivity index (χ4v) is 2.52. The lowest BCUT2D eigenvalue weighted by Crippen LogP contribution is -2.39. The summed E-state index contributed by atoms with van der Waals surface area (Å²) in [5.74, 6) is 0.653. The molecule has 0 saturated heterocycles. The number of benzene rings is 1. The summed E-state index contributed by atoms with van der Waals surface area (Å²) in [6.45, 7) is 10.0. The van der Waals surface area contributed by atoms with Crippen LogP contribution in [-0.4, -0.2) is 28.2 Å². The van der Waals surface area contributed by atoms with Gasteiger partial charge in [-0.3, -0.25) is 4.90 Å². The molecule has 1 aromatic heterocycles. The molecule has 6 heteroatoms. The summed E-state index contributed by atoms with van der Waals surface area (Å²) in [6, 6.07) is 11.6. The second kappa shape index (κ2) is 9.00. The molecule has 0 N–H and O–H groups in total. The van der Waals surface area contributed by atoms with Gasteiger partial charge in [-0.1, -0.05) is 50.3 Å². The van der Waals surface area contributed by atoms with Crippen molar-refractivity contribution in [1.82, 2.24) is 9.97 Å². The van der Waals surface area contributed by atoms with Crippen molar-refractivity contribution in [3.8, 4) is 0 Å². The van der Waals surface area contributed by atoms with Gasteiger partial charge in [0.25, 0.3) is 0 Å². The molecule has 1 aromatic carbocycles. The van der Waals surface area contributed by atoms with E-state index in [0.29, 0.717) is 18.1 Å². The molecule has 0 aliphatic heterocycles. The highest BCUT2D eigenvalue weighted by Crippen LogP contribution is 2.21. The summed E-state index contributed by atoms with van der Waals surface area (Å²) in [7, 11) is 0. The zero-order valence-electron chi connectivity index (χ0n) is 16.4. The third-order valence-electron chi connectivity index (χ3n) is 3.39. The van der Waals surface area contributed by atoms with E-state index in [2.05, 4.69) is 9.97 Å². The number of carbonyl (C=O) groups excluding carboxylic acids is 1. The molecule has 2 aromatic rings. The number of hydrogen-bond acceptors (Lipinski definition) is 4. The van der Waals surface area contributed by atoms with E-state index in [4.69, 9.17) is 16.3 Å². The first-order chi connectivity index (χ1) is 12.6. The highest BCUT2D eigenvalue weighted by molar-refractivity contribution is 6.28. The van der Waals surface area contributed by atoms with E-state index in [9.17, 15) is 4.79 Å². The standard InChI is InChI=1S/C21H26ClN3O2/c1-15(2)14-25(20(26)27-21(3,4)5)18-13-17(23-19(22)24-18)12-11-16-9-7-6-8-10-16/h6-13,15H,14H2,1-5H3/b12-11+. The zero-order valence-corrected chi connectivity index (χ0v) is 17.2. The third kappa shape index (κ3) is 7.02. The molecule has 0 bridgehead atoms. The van der Waals surface area contributed by atoms with Gasteiger partial charge in [0, 0.05) is 12.6 Å². The van der Waals surface area contributed by atoms with E-state index >= 15 is 0 Å². The summed E-state index contributed by atoms with van der Waals surface area (Å²) < 4.78 is 5.53. The van der Waals surface area contributed by atoms with E-state index in [1.54, 1.807) is 6.07 Å². The molecule has 0 spiro atoms. The molecule has 1 amide bonds. The van der Waals surface area contributed by atoms with Crippen LogP contribution in [0.4, 0.5) is 10.6 Å². The van der Waals surface area contributed by atoms with Crippen molar-refractivity contribution in [3.63, 3.8) is 0 Å². The first kappa shape index (κ1) is 20.9. The topological polar surface area (TPSA) is 55.3 Å². The van der Waals surface area contributed by atoms with E-state index in [-0.39, 0.29) is 11.2 Å². The van der Waals surface area contributed by atoms with Crippen LogP contribution in [0.25, 0.3) is 12.2 Å². The molecule has 5 nitrogen and oxygen atoms in total. The van der Waals surface area contributed by atoms with Gasteiger partial charge in [-0.15, -0.1) is 0 Å². The van der Waals surface area contributed by atoms with Crippen LogP contribution in [0.1, 0.15) is 45.9 Å². The number of anilines is 1. The fourth-order valence-electron chi connectivity index (χ4n) is 2.34. The van der Waals surface area contributed by atoms with E-state index in [0.717, 1.165) is 5.56 Å². The maximum Gasteiger partial charge on any atom is 0.416 e. The van der Waals surface area contributed by atoms with Gasteiger partial charge in [0.2, 0.25) is 5.28 Å². The number of ether oxygens (including phenoxy) is 1. The molecule has 0 aliphatic rings. The molecule has 144 valence electrons. The average Bonchev–Trinajstić information content (AvgIpc) is 2.56. The fraction of sp³-hybridized carbons (Fsp3) is 0.381. The van der Waals surface area contributed by atoms with Gasteiger partial charge in [0.15, 0.2) is 0 Å². The number of halogens is 1. The summed E-state index contributed by atoms with van der Waals surface area (Å²) in [5, 5.41) is 0.0810. The largest absolute Gasteiger partial charge is 0.443 e. The Morgan fingerprint density at radius 1 is 1.19 bits per heavy atom. The smallest absolute Gasteiger partial charge is 0.416 e. The van der Waals surface area contributed by atoms with Crippen molar-refractivity contribution in [2.75, 3.05) is 11.4 Å². The molecule has 0 aliphatic carbocycles. The lowest BCUT2D eigenvalue weighted by molar-refractivity contribution is 0.0575. The Labute approximate surface area is 166 Å². The van der Waals surface area contributed by atoms with Crippen molar-refractivity contribution < 1.29 is 9.53 Å². The number of nitrogens with zero attached hydrogens (tertiary/aromatic N) is 3. The zero-order chi connectivity index (χ0) is 20.0. The van der Waals surface area contributed by atoms with Crippen molar-refractivity contribution in [2.24, 2.45) is 5.92 Å². The Morgan fingerprint density at radius 2 is 1.85 bits per heavy atom. The Hall–Kier alpha value is -2.40. The van der Waals surface area contributed by atoms with E-state index in [1.807, 2.05) is 77.1 Å². The van der Waals surface area contributed by atoms with Gasteiger partial charge in [-0.25, -0.2) is 14.8 Å². The van der Waals surface area contributed by atoms with Crippen LogP contribution in [-0.2, 0) is 4.74 Å². The second-order valence-corrected chi connectivity index (χ2v) is 7.99. The van der Waals surface area contributed by atoms with Crippen molar-refractivity contribution in [3.05, 3.63) is 52.9 Å². The summed E-state index contributed by atoms with van der Waals surface area (Å²) in [5.41, 5.74) is 1.06. The molecule has 27 heavy (non-hydrogen) atoms. The first-order valence-corrected chi connectivity index (χ1v) is 9.30. The van der Waals surface area contributed by atoms with Crippen LogP contribution in [0.3, 0.4) is 0 Å². The molecular formula is C21H26ClN3O2. The first-order valence-electron chi connectivity index (χ1n) is 8.92. The molecule has 2 rings (SSSR count). The predicted molar refractivity (Wildman–Crippen MR) is 111 cm³/mol. The van der Waals surface area contributed by atoms with Crippen molar-refractivity contribution >= 4 is 35.7 Å². The van der Waals surface area contributed by atoms with Gasteiger partial charge < -0.3 is 4.74 Å². The number of carbonyl (C=O) groups is 1. The molecule has 1 heterocycles. The average molecular weight is 388 g/mol. The number of aromatic nitrogens is 2. The van der Waals surface area contributed by atoms with Crippen molar-refractivity contribution in [1.29, 1.82) is 0 Å². The minimum Gasteiger partial charge on any atom is -0.443 e. The van der Waals surface area contributed by atoms with Crippen LogP contribution in [0.5, 0.6) is 0 Å². The van der Waals surface area contributed by atoms with E-state index < -0.39 is 11.7 Å². The second-order valence-electron chi connectivity index (χ2n) is 7.65. The quantitative estimate of drug-likeness (QED) is 0.617. The molecule has 0 saturated carbocycles. The summed E-state index contributed by atoms with van der Waals surface area (Å²) >= 11 is 6.12. The normalized spacial score (nSPS) is 11.8. The van der Waals surface area contributed by atoms with Crippen molar-refractivity contribution in [2.45, 2.75) is 40.2 Å². The highest BCUT2D eigenvalue weighted by Gasteiger charge is 2.25. The Morgan fingerprint density at radius 3 is 2.44 bits per heavy atom. The van der Waals surface area contributed by atoms with Gasteiger partial charge in [-0.05, 0) is 49.9 Å². The highest BCUT2D eigenvalue weighted by atomic mass is 35.5. The van der Waals surface area contributed by atoms with Gasteiger partial charge in [-0.2, -0.15) is 0 Å². The minimum absolute atomic E-state index is 0.0810. The third-order valence-corrected chi connectivity index (χ3v) is 3.56. The Balaban J connectivity index is 2.33. The van der Waals surface area contributed by atoms with Gasteiger partial charge in [0.05, 0.1) is 5.69 Å². The maximum absolute atomic E-state index is 12.7. The molecule has 0 unspecified atom stereocenters. The number of rotatable bonds is 5. The summed E-state index contributed by atoms with van der Waals surface area (Å²) in [6.07, 6.45) is 3.32. The molecule has 0 radical (unpaired) electrons. The Kier molecular flexibility index (Phi) is 6.97. The number of hydrogen-bond donors (Lipinski definition) is 0. The van der Waals surface area contributed by atoms with Crippen LogP contribution in [0.15, 0.2) is 36.4 Å². The van der Waals surface area contributed by atoms with Crippen LogP contribution in [0, 0.1) is 5.92 Å². The molecule has 0 fully saturated rings. The number of amides is 1. The van der Waals surface area contributed by atoms with Crippen LogP contribution >= 0.6 is 11.6 Å². The Bertz CT molecular complexity index is 799. The maximum atomic E-state index is 12.7. The molecule has 0 atom stereocenters. The lowest BCUT2D eigenvalue weighted by atomic mass is 10.2. The minimum atomic E-state index is -0.598. The monoisotopic (exact) mass is 387 g/mol.